The smallest absolute Gasteiger partial charge is 0.257 e. The number of hydrogen-bond donors (Lipinski definition) is 1. The van der Waals surface area contributed by atoms with Crippen LogP contribution in [0.2, 0.25) is 0 Å². The van der Waals surface area contributed by atoms with Gasteiger partial charge in [-0.2, -0.15) is 0 Å². The monoisotopic (exact) mass is 336 g/mol. The third-order valence-corrected chi connectivity index (χ3v) is 3.59. The molecule has 126 valence electrons. The van der Waals surface area contributed by atoms with Gasteiger partial charge in [-0.1, -0.05) is 24.3 Å². The average molecular weight is 336 g/mol. The number of nitrogens with one attached hydrogen (secondary N) is 1. The first-order chi connectivity index (χ1) is 12.1. The molecule has 1 N–H and O–H groups in total. The van der Waals surface area contributed by atoms with E-state index in [1.54, 1.807) is 25.1 Å². The molecule has 25 heavy (non-hydrogen) atoms. The maximum Gasteiger partial charge on any atom is 0.257 e. The van der Waals surface area contributed by atoms with Crippen molar-refractivity contribution in [3.63, 3.8) is 0 Å². The summed E-state index contributed by atoms with van der Waals surface area (Å²) in [5.41, 5.74) is 1.98. The van der Waals surface area contributed by atoms with E-state index in [-0.39, 0.29) is 5.69 Å². The summed E-state index contributed by atoms with van der Waals surface area (Å²) in [6.07, 6.45) is 1.45. The summed E-state index contributed by atoms with van der Waals surface area (Å²) in [6.45, 7) is 2.09. The summed E-state index contributed by atoms with van der Waals surface area (Å²) in [4.78, 5) is 16.4. The number of nitrogens with zero attached hydrogens (tertiary/aromatic N) is 1. The van der Waals surface area contributed by atoms with Crippen molar-refractivity contribution in [3.8, 4) is 5.75 Å². The van der Waals surface area contributed by atoms with Crippen LogP contribution >= 0.6 is 0 Å². The van der Waals surface area contributed by atoms with E-state index >= 15 is 0 Å². The lowest BCUT2D eigenvalue weighted by molar-refractivity contribution is 0.102. The fourth-order valence-electron chi connectivity index (χ4n) is 2.23. The zero-order chi connectivity index (χ0) is 17.6. The van der Waals surface area contributed by atoms with Gasteiger partial charge in [0.25, 0.3) is 5.91 Å². The SMILES string of the molecule is Cc1ccc(NC(=O)c2ccc(COc3ccccc3)nc2)c(F)c1. The van der Waals surface area contributed by atoms with Crippen LogP contribution in [0.1, 0.15) is 21.6 Å². The highest BCUT2D eigenvalue weighted by atomic mass is 19.1. The second kappa shape index (κ2) is 7.57. The minimum Gasteiger partial charge on any atom is -0.487 e. The fraction of sp³-hybridized carbons (Fsp3) is 0.100. The van der Waals surface area contributed by atoms with Crippen LogP contribution in [0.5, 0.6) is 5.75 Å². The van der Waals surface area contributed by atoms with Crippen molar-refractivity contribution < 1.29 is 13.9 Å². The molecular formula is C20H17FN2O2. The van der Waals surface area contributed by atoms with Crippen LogP contribution < -0.4 is 10.1 Å². The van der Waals surface area contributed by atoms with E-state index in [0.717, 1.165) is 11.3 Å². The number of benzene rings is 2. The molecule has 0 aliphatic carbocycles. The normalized spacial score (nSPS) is 10.3. The molecule has 0 atom stereocenters. The molecule has 0 bridgehead atoms. The molecule has 5 heteroatoms. The second-order valence-corrected chi connectivity index (χ2v) is 5.58. The summed E-state index contributed by atoms with van der Waals surface area (Å²) in [6, 6.07) is 17.4. The quantitative estimate of drug-likeness (QED) is 0.753. The highest BCUT2D eigenvalue weighted by Crippen LogP contribution is 2.16. The van der Waals surface area contributed by atoms with E-state index < -0.39 is 11.7 Å². The number of carbonyl (C=O) groups excluding carboxylic acids is 1. The molecular weight excluding hydrogens is 319 g/mol. The molecule has 0 aliphatic heterocycles. The average Bonchev–Trinajstić information content (AvgIpc) is 2.63. The first-order valence-electron chi connectivity index (χ1n) is 7.82. The van der Waals surface area contributed by atoms with Gasteiger partial charge in [0.05, 0.1) is 16.9 Å². The number of pyridine rings is 1. The number of aromatic nitrogens is 1. The minimum absolute atomic E-state index is 0.145. The summed E-state index contributed by atoms with van der Waals surface area (Å²) in [5, 5.41) is 2.55. The fourth-order valence-corrected chi connectivity index (χ4v) is 2.23. The molecule has 1 heterocycles. The van der Waals surface area contributed by atoms with Crippen molar-refractivity contribution in [3.05, 3.63) is 89.5 Å². The van der Waals surface area contributed by atoms with Gasteiger partial charge in [-0.15, -0.1) is 0 Å². The molecule has 0 fully saturated rings. The lowest BCUT2D eigenvalue weighted by atomic mass is 10.2. The number of aryl methyl sites for hydroxylation is 1. The van der Waals surface area contributed by atoms with Gasteiger partial charge in [0.2, 0.25) is 0 Å². The molecule has 0 spiro atoms. The largest absolute Gasteiger partial charge is 0.487 e. The molecule has 0 aliphatic rings. The Kier molecular flexibility index (Phi) is 5.04. The Hall–Kier alpha value is -3.21. The topological polar surface area (TPSA) is 51.2 Å². The van der Waals surface area contributed by atoms with Gasteiger partial charge in [-0.05, 0) is 48.9 Å². The first kappa shape index (κ1) is 16.6. The van der Waals surface area contributed by atoms with Crippen LogP contribution in [0.3, 0.4) is 0 Å². The van der Waals surface area contributed by atoms with Crippen molar-refractivity contribution in [1.82, 2.24) is 4.98 Å². The van der Waals surface area contributed by atoms with Crippen molar-refractivity contribution in [2.24, 2.45) is 0 Å². The van der Waals surface area contributed by atoms with E-state index in [1.165, 1.54) is 18.3 Å². The van der Waals surface area contributed by atoms with Crippen molar-refractivity contribution >= 4 is 11.6 Å². The summed E-state index contributed by atoms with van der Waals surface area (Å²) in [5.74, 6) is -0.124. The predicted molar refractivity (Wildman–Crippen MR) is 94.1 cm³/mol. The van der Waals surface area contributed by atoms with Crippen molar-refractivity contribution in [2.45, 2.75) is 13.5 Å². The predicted octanol–water partition coefficient (Wildman–Crippen LogP) is 4.36. The molecule has 3 aromatic rings. The number of halogens is 1. The van der Waals surface area contributed by atoms with Crippen LogP contribution in [0.15, 0.2) is 66.9 Å². The number of hydrogen-bond acceptors (Lipinski definition) is 3. The molecule has 0 unspecified atom stereocenters. The van der Waals surface area contributed by atoms with Gasteiger partial charge in [0, 0.05) is 6.20 Å². The summed E-state index contributed by atoms with van der Waals surface area (Å²) >= 11 is 0. The van der Waals surface area contributed by atoms with Gasteiger partial charge in [0.15, 0.2) is 0 Å². The molecule has 1 amide bonds. The molecule has 4 nitrogen and oxygen atoms in total. The lowest BCUT2D eigenvalue weighted by Crippen LogP contribution is -2.13. The second-order valence-electron chi connectivity index (χ2n) is 5.58. The summed E-state index contributed by atoms with van der Waals surface area (Å²) in [7, 11) is 0. The number of rotatable bonds is 5. The van der Waals surface area contributed by atoms with Gasteiger partial charge >= 0.3 is 0 Å². The standard InChI is InChI=1S/C20H17FN2O2/c1-14-7-10-19(18(21)11-14)23-20(24)15-8-9-16(22-12-15)13-25-17-5-3-2-4-6-17/h2-12H,13H2,1H3,(H,23,24). The molecule has 1 aromatic heterocycles. The van der Waals surface area contributed by atoms with Crippen LogP contribution in [0, 0.1) is 12.7 Å². The number of carbonyl (C=O) groups is 1. The number of amides is 1. The number of anilines is 1. The highest BCUT2D eigenvalue weighted by molar-refractivity contribution is 6.04. The third kappa shape index (κ3) is 4.41. The molecule has 3 rings (SSSR count). The summed E-state index contributed by atoms with van der Waals surface area (Å²) < 4.78 is 19.4. The minimum atomic E-state index is -0.464. The van der Waals surface area contributed by atoms with E-state index in [0.29, 0.717) is 17.9 Å². The third-order valence-electron chi connectivity index (χ3n) is 3.59. The Bertz CT molecular complexity index is 865. The van der Waals surface area contributed by atoms with Gasteiger partial charge < -0.3 is 10.1 Å². The molecule has 0 saturated heterocycles. The highest BCUT2D eigenvalue weighted by Gasteiger charge is 2.10. The number of para-hydroxylation sites is 1. The van der Waals surface area contributed by atoms with E-state index in [4.69, 9.17) is 4.74 Å². The Morgan fingerprint density at radius 1 is 1.12 bits per heavy atom. The van der Waals surface area contributed by atoms with Gasteiger partial charge in [0.1, 0.15) is 18.2 Å². The van der Waals surface area contributed by atoms with Crippen LogP contribution in [-0.4, -0.2) is 10.9 Å². The van der Waals surface area contributed by atoms with Gasteiger partial charge in [-0.3, -0.25) is 9.78 Å². The molecule has 2 aromatic carbocycles. The Balaban J connectivity index is 1.62. The zero-order valence-electron chi connectivity index (χ0n) is 13.7. The molecule has 0 saturated carbocycles. The Morgan fingerprint density at radius 2 is 1.92 bits per heavy atom. The zero-order valence-corrected chi connectivity index (χ0v) is 13.7. The lowest BCUT2D eigenvalue weighted by Gasteiger charge is -2.08. The van der Waals surface area contributed by atoms with Crippen molar-refractivity contribution in [2.75, 3.05) is 5.32 Å². The maximum atomic E-state index is 13.8. The Labute approximate surface area is 145 Å². The first-order valence-corrected chi connectivity index (χ1v) is 7.82. The van der Waals surface area contributed by atoms with Gasteiger partial charge in [-0.25, -0.2) is 4.39 Å². The van der Waals surface area contributed by atoms with Crippen LogP contribution in [-0.2, 0) is 6.61 Å². The number of ether oxygens (including phenoxy) is 1. The van der Waals surface area contributed by atoms with E-state index in [9.17, 15) is 9.18 Å². The van der Waals surface area contributed by atoms with Crippen molar-refractivity contribution in [1.29, 1.82) is 0 Å². The van der Waals surface area contributed by atoms with Crippen LogP contribution in [0.25, 0.3) is 0 Å². The van der Waals surface area contributed by atoms with E-state index in [2.05, 4.69) is 10.3 Å². The van der Waals surface area contributed by atoms with E-state index in [1.807, 2.05) is 30.3 Å². The molecule has 0 radical (unpaired) electrons. The van der Waals surface area contributed by atoms with Crippen LogP contribution in [0.4, 0.5) is 10.1 Å². The maximum absolute atomic E-state index is 13.8. The Morgan fingerprint density at radius 3 is 2.60 bits per heavy atom.